The predicted molar refractivity (Wildman–Crippen MR) is 163 cm³/mol. The van der Waals surface area contributed by atoms with Crippen molar-refractivity contribution in [3.05, 3.63) is 102 Å². The van der Waals surface area contributed by atoms with E-state index in [0.29, 0.717) is 30.3 Å². The summed E-state index contributed by atoms with van der Waals surface area (Å²) in [5.74, 6) is -1.76. The summed E-state index contributed by atoms with van der Waals surface area (Å²) in [5, 5.41) is 25.4. The van der Waals surface area contributed by atoms with Gasteiger partial charge in [0.05, 0.1) is 0 Å². The third kappa shape index (κ3) is 6.10. The van der Waals surface area contributed by atoms with Crippen molar-refractivity contribution in [2.75, 3.05) is 0 Å². The summed E-state index contributed by atoms with van der Waals surface area (Å²) in [4.78, 5) is 38.1. The van der Waals surface area contributed by atoms with Crippen LogP contribution in [0, 0.1) is 20.8 Å². The van der Waals surface area contributed by atoms with Crippen molar-refractivity contribution in [3.63, 3.8) is 0 Å². The maximum absolute atomic E-state index is 11.5. The molecule has 0 saturated carbocycles. The van der Waals surface area contributed by atoms with Crippen LogP contribution < -0.4 is 25.7 Å². The molecule has 5 heterocycles. The molecule has 8 bridgehead atoms. The standard InChI is InChI=1S/C34H36N4O4.Fe/c1-7-21-17(3)25-13-26-19(5)23(9-11-33(39)40)31(37-26)16-32-24(10-12-34(41)42)20(6)28(38-32)15-30-22(8-2)18(4)27(36-30)14-29(21)35-25;/h7,13,15-16,29H,1,8-12,14H2,2-6H3,(H,39,40)(H,41,42);/q-4;+4/b25-13-,28-15-,32-16-;. The second-order valence-electron chi connectivity index (χ2n) is 11.1. The zero-order valence-corrected chi connectivity index (χ0v) is 26.3. The van der Waals surface area contributed by atoms with Gasteiger partial charge in [0.2, 0.25) is 0 Å². The molecule has 224 valence electrons. The molecule has 1 atom stereocenters. The average molecular weight is 621 g/mol. The second-order valence-corrected chi connectivity index (χ2v) is 11.1. The van der Waals surface area contributed by atoms with E-state index < -0.39 is 11.9 Å². The van der Waals surface area contributed by atoms with Crippen molar-refractivity contribution in [2.24, 2.45) is 0 Å². The molecule has 9 heteroatoms. The largest absolute Gasteiger partial charge is 4.00 e. The number of carbonyl (C=O) groups is 2. The molecule has 0 amide bonds. The minimum Gasteiger partial charge on any atom is -0.678 e. The van der Waals surface area contributed by atoms with Gasteiger partial charge in [-0.1, -0.05) is 94.8 Å². The fourth-order valence-electron chi connectivity index (χ4n) is 6.19. The van der Waals surface area contributed by atoms with Gasteiger partial charge in [-0.3, -0.25) is 9.59 Å². The number of nitrogens with zero attached hydrogens (tertiary/aromatic N) is 4. The molecule has 43 heavy (non-hydrogen) atoms. The van der Waals surface area contributed by atoms with Gasteiger partial charge in [0.1, 0.15) is 0 Å². The first-order valence-corrected chi connectivity index (χ1v) is 14.4. The fraction of sp³-hybridized carbons (Fsp3) is 0.353. The third-order valence-electron chi connectivity index (χ3n) is 8.65. The summed E-state index contributed by atoms with van der Waals surface area (Å²) in [5.41, 5.74) is 12.0. The minimum absolute atomic E-state index is 0. The molecular formula is C34H36FeN4O4. The van der Waals surface area contributed by atoms with E-state index in [0.717, 1.165) is 79.1 Å². The van der Waals surface area contributed by atoms with Gasteiger partial charge in [-0.2, -0.15) is 5.69 Å². The Hall–Kier alpha value is -3.94. The second kappa shape index (κ2) is 12.7. The normalized spacial score (nSPS) is 18.4. The van der Waals surface area contributed by atoms with Gasteiger partial charge >= 0.3 is 29.0 Å². The van der Waals surface area contributed by atoms with Crippen LogP contribution in [0.5, 0.6) is 0 Å². The van der Waals surface area contributed by atoms with Crippen LogP contribution in [0.1, 0.15) is 82.8 Å². The van der Waals surface area contributed by atoms with E-state index in [1.807, 2.05) is 45.1 Å². The Labute approximate surface area is 262 Å². The third-order valence-corrected chi connectivity index (χ3v) is 8.65. The molecule has 5 rings (SSSR count). The van der Waals surface area contributed by atoms with Crippen LogP contribution in [0.25, 0.3) is 23.5 Å². The predicted octanol–water partition coefficient (Wildman–Crippen LogP) is 3.89. The first-order valence-electron chi connectivity index (χ1n) is 14.4. The number of carboxylic acids is 2. The Balaban J connectivity index is 0.00000423. The molecular weight excluding hydrogens is 584 g/mol. The Kier molecular flexibility index (Phi) is 9.47. The summed E-state index contributed by atoms with van der Waals surface area (Å²) in [6.45, 7) is 14.3. The minimum atomic E-state index is -0.882. The fourth-order valence-corrected chi connectivity index (χ4v) is 6.19. The summed E-state index contributed by atoms with van der Waals surface area (Å²) >= 11 is 0. The van der Waals surface area contributed by atoms with Crippen LogP contribution >= 0.6 is 0 Å². The Morgan fingerprint density at radius 3 is 2.09 bits per heavy atom. The van der Waals surface area contributed by atoms with Crippen molar-refractivity contribution in [2.45, 2.75) is 79.2 Å². The van der Waals surface area contributed by atoms with Gasteiger partial charge in [0, 0.05) is 12.8 Å². The molecule has 2 aliphatic rings. The Morgan fingerprint density at radius 2 is 1.47 bits per heavy atom. The first kappa shape index (κ1) is 32.0. The molecule has 3 aromatic heterocycles. The van der Waals surface area contributed by atoms with E-state index in [2.05, 4.69) is 20.4 Å². The van der Waals surface area contributed by atoms with E-state index in [9.17, 15) is 19.8 Å². The Bertz CT molecular complexity index is 1800. The van der Waals surface area contributed by atoms with Crippen molar-refractivity contribution in [1.82, 2.24) is 15.0 Å². The van der Waals surface area contributed by atoms with Crippen molar-refractivity contribution in [3.8, 4) is 0 Å². The first-order chi connectivity index (χ1) is 20.0. The number of allylic oxidation sites excluding steroid dienone is 1. The average Bonchev–Trinajstić information content (AvgIpc) is 3.59. The van der Waals surface area contributed by atoms with Gasteiger partial charge in [-0.25, -0.2) is 0 Å². The van der Waals surface area contributed by atoms with Gasteiger partial charge in [0.25, 0.3) is 0 Å². The maximum atomic E-state index is 11.5. The van der Waals surface area contributed by atoms with Crippen LogP contribution in [0.2, 0.25) is 0 Å². The van der Waals surface area contributed by atoms with Crippen LogP contribution in [0.3, 0.4) is 0 Å². The quantitative estimate of drug-likeness (QED) is 0.366. The van der Waals surface area contributed by atoms with Gasteiger partial charge < -0.3 is 30.5 Å². The van der Waals surface area contributed by atoms with E-state index in [1.54, 1.807) is 0 Å². The maximum Gasteiger partial charge on any atom is 4.00 e. The van der Waals surface area contributed by atoms with Crippen LogP contribution in [0.15, 0.2) is 29.5 Å². The SMILES string of the molecule is C=CC1=C(C)/C2=C/c3[n-]c(c(CCC(=O)O)c3C)/C=c3\[n-]/c(c(C)c3CCC(=O)O)=C\c3[n-]c(c(C)c3CC)CC1[N-]2.[Fe+4]. The monoisotopic (exact) mass is 620 g/mol. The number of hydrogen-bond acceptors (Lipinski definition) is 2. The summed E-state index contributed by atoms with van der Waals surface area (Å²) in [7, 11) is 0. The molecule has 0 spiro atoms. The number of aliphatic carboxylic acids is 2. The summed E-state index contributed by atoms with van der Waals surface area (Å²) in [6.07, 6.45) is 9.78. The van der Waals surface area contributed by atoms with E-state index >= 15 is 0 Å². The van der Waals surface area contributed by atoms with Crippen molar-refractivity contribution in [1.29, 1.82) is 0 Å². The zero-order valence-electron chi connectivity index (χ0n) is 25.2. The molecule has 0 aliphatic carbocycles. The zero-order chi connectivity index (χ0) is 30.3. The van der Waals surface area contributed by atoms with E-state index in [4.69, 9.17) is 20.3 Å². The molecule has 0 aromatic carbocycles. The molecule has 0 fully saturated rings. The summed E-state index contributed by atoms with van der Waals surface area (Å²) < 4.78 is 0. The number of rotatable bonds is 8. The molecule has 0 radical (unpaired) electrons. The van der Waals surface area contributed by atoms with Crippen molar-refractivity contribution >= 4 is 30.2 Å². The molecule has 3 aromatic rings. The molecule has 0 saturated heterocycles. The van der Waals surface area contributed by atoms with Crippen LogP contribution in [-0.4, -0.2) is 28.2 Å². The topological polar surface area (TPSA) is 131 Å². The van der Waals surface area contributed by atoms with Crippen molar-refractivity contribution < 1.29 is 36.9 Å². The number of hydrogen-bond donors (Lipinski definition) is 2. The van der Waals surface area contributed by atoms with Gasteiger partial charge in [-0.05, 0) is 47.0 Å². The summed E-state index contributed by atoms with van der Waals surface area (Å²) in [6, 6.07) is -0.117. The molecule has 2 N–H and O–H groups in total. The number of carboxylic acid groups (broad SMARTS) is 2. The molecule has 2 aliphatic heterocycles. The van der Waals surface area contributed by atoms with Crippen LogP contribution in [-0.2, 0) is 52.3 Å². The van der Waals surface area contributed by atoms with E-state index in [-0.39, 0.29) is 36.0 Å². The van der Waals surface area contributed by atoms with E-state index in [1.165, 1.54) is 0 Å². The molecule has 1 unspecified atom stereocenters. The van der Waals surface area contributed by atoms with Gasteiger partial charge in [-0.15, -0.1) is 33.5 Å². The van der Waals surface area contributed by atoms with Gasteiger partial charge in [0.15, 0.2) is 0 Å². The number of aromatic nitrogens is 3. The smallest absolute Gasteiger partial charge is 0.678 e. The van der Waals surface area contributed by atoms with Crippen LogP contribution in [0.4, 0.5) is 0 Å². The Morgan fingerprint density at radius 1 is 0.837 bits per heavy atom. The molecule has 8 nitrogen and oxygen atoms in total. The number of fused-ring (bicyclic) bond motifs is 8.